The molecule has 26 heavy (non-hydrogen) atoms. The topological polar surface area (TPSA) is 55.1 Å². The molecule has 0 aliphatic carbocycles. The average Bonchev–Trinajstić information content (AvgIpc) is 2.98. The number of rotatable bonds is 5. The number of carbonyl (C=O) groups is 1. The van der Waals surface area contributed by atoms with Crippen LogP contribution < -0.4 is 5.32 Å². The molecule has 0 saturated heterocycles. The highest BCUT2D eigenvalue weighted by Gasteiger charge is 2.13. The Kier molecular flexibility index (Phi) is 5.06. The molecule has 0 bridgehead atoms. The van der Waals surface area contributed by atoms with Crippen LogP contribution in [0.5, 0.6) is 0 Å². The maximum atomic E-state index is 13.2. The van der Waals surface area contributed by atoms with Gasteiger partial charge in [0.2, 0.25) is 5.89 Å². The van der Waals surface area contributed by atoms with Crippen molar-refractivity contribution in [1.82, 2.24) is 10.3 Å². The van der Waals surface area contributed by atoms with E-state index in [4.69, 9.17) is 4.42 Å². The number of hydrogen-bond acceptors (Lipinski definition) is 3. The fourth-order valence-corrected chi connectivity index (χ4v) is 2.41. The Labute approximate surface area is 147 Å². The lowest BCUT2D eigenvalue weighted by Crippen LogP contribution is -2.26. The molecule has 0 spiro atoms. The number of hydrogen-bond donors (Lipinski definition) is 1. The van der Waals surface area contributed by atoms with Gasteiger partial charge in [-0.25, -0.2) is 18.2 Å². The third kappa shape index (κ3) is 3.93. The molecule has 0 fully saturated rings. The summed E-state index contributed by atoms with van der Waals surface area (Å²) in [6.07, 6.45) is 0.395. The standard InChI is InChI=1S/C19H15F3N2O2/c1-11-17(24-19(26-11)12-2-5-14(20)6-3-12)8-9-23-18(25)13-4-7-15(21)16(22)10-13/h2-7,10H,8-9H2,1H3,(H,23,25). The van der Waals surface area contributed by atoms with E-state index in [-0.39, 0.29) is 17.9 Å². The summed E-state index contributed by atoms with van der Waals surface area (Å²) >= 11 is 0. The molecule has 7 heteroatoms. The zero-order chi connectivity index (χ0) is 18.7. The van der Waals surface area contributed by atoms with Crippen molar-refractivity contribution in [2.45, 2.75) is 13.3 Å². The molecule has 0 radical (unpaired) electrons. The first-order chi connectivity index (χ1) is 12.4. The lowest BCUT2D eigenvalue weighted by Gasteiger charge is -2.04. The van der Waals surface area contributed by atoms with Crippen LogP contribution in [-0.4, -0.2) is 17.4 Å². The molecule has 0 aliphatic heterocycles. The summed E-state index contributed by atoms with van der Waals surface area (Å²) in [5, 5.41) is 2.62. The van der Waals surface area contributed by atoms with E-state index in [1.165, 1.54) is 18.2 Å². The predicted octanol–water partition coefficient (Wildman–Crippen LogP) is 4.04. The van der Waals surface area contributed by atoms with Crippen molar-refractivity contribution in [3.05, 3.63) is 76.9 Å². The molecule has 1 amide bonds. The first-order valence-corrected chi connectivity index (χ1v) is 7.89. The Morgan fingerprint density at radius 3 is 2.50 bits per heavy atom. The molecule has 0 atom stereocenters. The maximum Gasteiger partial charge on any atom is 0.251 e. The molecule has 3 aromatic rings. The highest BCUT2D eigenvalue weighted by Crippen LogP contribution is 2.22. The molecule has 134 valence electrons. The van der Waals surface area contributed by atoms with E-state index >= 15 is 0 Å². The number of nitrogens with zero attached hydrogens (tertiary/aromatic N) is 1. The van der Waals surface area contributed by atoms with Crippen LogP contribution in [0.15, 0.2) is 46.9 Å². The molecular formula is C19H15F3N2O2. The Bertz CT molecular complexity index is 936. The van der Waals surface area contributed by atoms with Crippen molar-refractivity contribution in [3.8, 4) is 11.5 Å². The number of halogens is 3. The summed E-state index contributed by atoms with van der Waals surface area (Å²) in [5.74, 6) is -1.99. The Hall–Kier alpha value is -3.09. The zero-order valence-corrected chi connectivity index (χ0v) is 13.9. The van der Waals surface area contributed by atoms with E-state index in [0.29, 0.717) is 29.3 Å². The summed E-state index contributed by atoms with van der Waals surface area (Å²) < 4.78 is 44.6. The fourth-order valence-electron chi connectivity index (χ4n) is 2.41. The third-order valence-corrected chi connectivity index (χ3v) is 3.81. The van der Waals surface area contributed by atoms with Gasteiger partial charge in [0, 0.05) is 24.1 Å². The minimum atomic E-state index is -1.08. The first kappa shape index (κ1) is 17.7. The number of oxazole rings is 1. The maximum absolute atomic E-state index is 13.2. The van der Waals surface area contributed by atoms with Gasteiger partial charge in [-0.2, -0.15) is 0 Å². The minimum absolute atomic E-state index is 0.0350. The quantitative estimate of drug-likeness (QED) is 0.747. The smallest absolute Gasteiger partial charge is 0.251 e. The van der Waals surface area contributed by atoms with Gasteiger partial charge in [-0.05, 0) is 49.4 Å². The van der Waals surface area contributed by atoms with Gasteiger partial charge in [0.15, 0.2) is 11.6 Å². The minimum Gasteiger partial charge on any atom is -0.441 e. The van der Waals surface area contributed by atoms with Crippen LogP contribution in [0.2, 0.25) is 0 Å². The summed E-state index contributed by atoms with van der Waals surface area (Å²) in [7, 11) is 0. The highest BCUT2D eigenvalue weighted by atomic mass is 19.2. The van der Waals surface area contributed by atoms with E-state index in [9.17, 15) is 18.0 Å². The normalized spacial score (nSPS) is 10.8. The van der Waals surface area contributed by atoms with Crippen LogP contribution >= 0.6 is 0 Å². The van der Waals surface area contributed by atoms with E-state index in [1.54, 1.807) is 19.1 Å². The largest absolute Gasteiger partial charge is 0.441 e. The van der Waals surface area contributed by atoms with Gasteiger partial charge < -0.3 is 9.73 Å². The molecule has 1 heterocycles. The van der Waals surface area contributed by atoms with E-state index in [0.717, 1.165) is 12.1 Å². The monoisotopic (exact) mass is 360 g/mol. The Morgan fingerprint density at radius 2 is 1.81 bits per heavy atom. The van der Waals surface area contributed by atoms with E-state index < -0.39 is 17.5 Å². The lowest BCUT2D eigenvalue weighted by molar-refractivity contribution is 0.0953. The van der Waals surface area contributed by atoms with Crippen molar-refractivity contribution in [2.75, 3.05) is 6.54 Å². The second-order valence-corrected chi connectivity index (χ2v) is 5.66. The van der Waals surface area contributed by atoms with Crippen LogP contribution in [0, 0.1) is 24.4 Å². The highest BCUT2D eigenvalue weighted by molar-refractivity contribution is 5.94. The van der Waals surface area contributed by atoms with Gasteiger partial charge in [0.05, 0.1) is 5.69 Å². The molecular weight excluding hydrogens is 345 g/mol. The summed E-state index contributed by atoms with van der Waals surface area (Å²) in [4.78, 5) is 16.3. The number of amides is 1. The number of aromatic nitrogens is 1. The first-order valence-electron chi connectivity index (χ1n) is 7.89. The van der Waals surface area contributed by atoms with Gasteiger partial charge in [0.1, 0.15) is 11.6 Å². The van der Waals surface area contributed by atoms with Crippen LogP contribution in [0.1, 0.15) is 21.8 Å². The molecule has 2 aromatic carbocycles. The lowest BCUT2D eigenvalue weighted by atomic mass is 10.2. The SMILES string of the molecule is Cc1oc(-c2ccc(F)cc2)nc1CCNC(=O)c1ccc(F)c(F)c1. The number of carbonyl (C=O) groups excluding carboxylic acids is 1. The van der Waals surface area contributed by atoms with Crippen molar-refractivity contribution in [1.29, 1.82) is 0 Å². The average molecular weight is 360 g/mol. The van der Waals surface area contributed by atoms with Crippen LogP contribution in [0.3, 0.4) is 0 Å². The predicted molar refractivity (Wildman–Crippen MR) is 89.0 cm³/mol. The van der Waals surface area contributed by atoms with Gasteiger partial charge in [0.25, 0.3) is 5.91 Å². The summed E-state index contributed by atoms with van der Waals surface area (Å²) in [6.45, 7) is 1.99. The van der Waals surface area contributed by atoms with Crippen LogP contribution in [0.4, 0.5) is 13.2 Å². The third-order valence-electron chi connectivity index (χ3n) is 3.81. The second-order valence-electron chi connectivity index (χ2n) is 5.66. The second kappa shape index (κ2) is 7.43. The van der Waals surface area contributed by atoms with Gasteiger partial charge >= 0.3 is 0 Å². The van der Waals surface area contributed by atoms with E-state index in [2.05, 4.69) is 10.3 Å². The fraction of sp³-hybridized carbons (Fsp3) is 0.158. The van der Waals surface area contributed by atoms with Gasteiger partial charge in [-0.1, -0.05) is 0 Å². The van der Waals surface area contributed by atoms with Crippen LogP contribution in [-0.2, 0) is 6.42 Å². The number of aryl methyl sites for hydroxylation is 1. The van der Waals surface area contributed by atoms with Crippen molar-refractivity contribution in [2.24, 2.45) is 0 Å². The Morgan fingerprint density at radius 1 is 1.08 bits per heavy atom. The van der Waals surface area contributed by atoms with E-state index in [1.807, 2.05) is 0 Å². The molecule has 3 rings (SSSR count). The number of nitrogens with one attached hydrogen (secondary N) is 1. The van der Waals surface area contributed by atoms with Crippen molar-refractivity contribution < 1.29 is 22.4 Å². The molecule has 0 aliphatic rings. The molecule has 1 aromatic heterocycles. The van der Waals surface area contributed by atoms with Crippen molar-refractivity contribution >= 4 is 5.91 Å². The van der Waals surface area contributed by atoms with Gasteiger partial charge in [-0.15, -0.1) is 0 Å². The molecule has 0 unspecified atom stereocenters. The molecule has 0 saturated carbocycles. The van der Waals surface area contributed by atoms with Crippen molar-refractivity contribution in [3.63, 3.8) is 0 Å². The van der Waals surface area contributed by atoms with Gasteiger partial charge in [-0.3, -0.25) is 4.79 Å². The Balaban J connectivity index is 1.62. The molecule has 4 nitrogen and oxygen atoms in total. The van der Waals surface area contributed by atoms with Crippen LogP contribution in [0.25, 0.3) is 11.5 Å². The summed E-state index contributed by atoms with van der Waals surface area (Å²) in [5.41, 5.74) is 1.33. The number of benzene rings is 2. The summed E-state index contributed by atoms with van der Waals surface area (Å²) in [6, 6.07) is 8.72. The molecule has 1 N–H and O–H groups in total. The zero-order valence-electron chi connectivity index (χ0n) is 13.9.